The average molecular weight is 523 g/mol. The van der Waals surface area contributed by atoms with Crippen molar-refractivity contribution < 1.29 is 9.53 Å². The van der Waals surface area contributed by atoms with E-state index in [-0.39, 0.29) is 13.4 Å². The molecule has 10 heteroatoms. The van der Waals surface area contributed by atoms with E-state index in [0.717, 1.165) is 35.4 Å². The summed E-state index contributed by atoms with van der Waals surface area (Å²) in [5, 5.41) is 1.08. The molecule has 0 spiro atoms. The summed E-state index contributed by atoms with van der Waals surface area (Å²) in [6.07, 6.45) is 6.24. The first-order valence-electron chi connectivity index (χ1n) is 8.51. The maximum Gasteiger partial charge on any atom is 0.306 e. The van der Waals surface area contributed by atoms with E-state index in [2.05, 4.69) is 53.9 Å². The number of esters is 1. The van der Waals surface area contributed by atoms with Crippen LogP contribution in [0.15, 0.2) is 18.6 Å². The Bertz CT molecular complexity index is 754. The number of fused-ring (bicyclic) bond motifs is 1. The molecule has 0 saturated heterocycles. The van der Waals surface area contributed by atoms with Crippen LogP contribution in [-0.2, 0) is 9.53 Å². The molecule has 0 bridgehead atoms. The van der Waals surface area contributed by atoms with Crippen molar-refractivity contribution in [2.75, 3.05) is 24.3 Å². The molecule has 1 N–H and O–H groups in total. The average Bonchev–Trinajstić information content (AvgIpc) is 3.03. The van der Waals surface area contributed by atoms with E-state index >= 15 is 0 Å². The topological polar surface area (TPSA) is 72.3 Å². The third-order valence-corrected chi connectivity index (χ3v) is 7.08. The zero-order valence-electron chi connectivity index (χ0n) is 14.7. The first-order chi connectivity index (χ1) is 12.6. The van der Waals surface area contributed by atoms with Gasteiger partial charge in [-0.15, -0.1) is 0 Å². The van der Waals surface area contributed by atoms with Crippen LogP contribution in [-0.4, -0.2) is 51.4 Å². The summed E-state index contributed by atoms with van der Waals surface area (Å²) in [4.78, 5) is 22.5. The molecule has 1 saturated carbocycles. The van der Waals surface area contributed by atoms with Gasteiger partial charge in [-0.05, 0) is 25.8 Å². The summed E-state index contributed by atoms with van der Waals surface area (Å²) in [7, 11) is 3.70. The molecule has 0 aliphatic heterocycles. The number of carbonyl (C=O) groups is 1. The summed E-state index contributed by atoms with van der Waals surface area (Å²) in [5.74, 6) is 1.60. The molecule has 1 fully saturated rings. The molecule has 2 heterocycles. The number of nitrogens with zero attached hydrogens (tertiary/aromatic N) is 4. The van der Waals surface area contributed by atoms with E-state index in [0.29, 0.717) is 25.1 Å². The van der Waals surface area contributed by atoms with Crippen LogP contribution in [0.2, 0.25) is 0 Å². The SMILES string of the molecule is C.CCOC(=O)CCSNC1CC(N(C)c2ncnc3c2ccn3SI)C1. The Labute approximate surface area is 181 Å². The molecule has 1 aliphatic rings. The van der Waals surface area contributed by atoms with Crippen molar-refractivity contribution in [2.24, 2.45) is 0 Å². The van der Waals surface area contributed by atoms with Crippen molar-refractivity contribution in [2.45, 2.75) is 45.7 Å². The van der Waals surface area contributed by atoms with Crippen molar-refractivity contribution in [1.82, 2.24) is 18.7 Å². The molecule has 2 aromatic heterocycles. The molecule has 0 amide bonds. The van der Waals surface area contributed by atoms with E-state index in [9.17, 15) is 4.79 Å². The highest BCUT2D eigenvalue weighted by molar-refractivity contribution is 14.2. The lowest BCUT2D eigenvalue weighted by atomic mass is 9.86. The van der Waals surface area contributed by atoms with Gasteiger partial charge in [0.1, 0.15) is 12.1 Å². The van der Waals surface area contributed by atoms with E-state index in [1.54, 1.807) is 27.4 Å². The smallest absolute Gasteiger partial charge is 0.306 e. The monoisotopic (exact) mass is 523 g/mol. The third-order valence-electron chi connectivity index (χ3n) is 4.46. The molecule has 0 radical (unpaired) electrons. The summed E-state index contributed by atoms with van der Waals surface area (Å²) in [6.45, 7) is 2.28. The highest BCUT2D eigenvalue weighted by Crippen LogP contribution is 2.33. The summed E-state index contributed by atoms with van der Waals surface area (Å²) in [6, 6.07) is 3.01. The van der Waals surface area contributed by atoms with Gasteiger partial charge in [0, 0.05) is 61.4 Å². The van der Waals surface area contributed by atoms with Crippen LogP contribution in [0.3, 0.4) is 0 Å². The molecule has 150 valence electrons. The molecule has 0 atom stereocenters. The van der Waals surface area contributed by atoms with Crippen LogP contribution in [0.5, 0.6) is 0 Å². The molecule has 2 aromatic rings. The molecule has 3 rings (SSSR count). The Morgan fingerprint density at radius 3 is 2.96 bits per heavy atom. The molecule has 1 aliphatic carbocycles. The number of hydrogen-bond acceptors (Lipinski definition) is 8. The fourth-order valence-corrected chi connectivity index (χ4v) is 5.06. The number of aromatic nitrogens is 3. The molecule has 0 aromatic carbocycles. The van der Waals surface area contributed by atoms with Crippen molar-refractivity contribution in [3.05, 3.63) is 18.6 Å². The van der Waals surface area contributed by atoms with Crippen LogP contribution in [0, 0.1) is 0 Å². The minimum Gasteiger partial charge on any atom is -0.466 e. The Kier molecular flexibility index (Phi) is 8.96. The van der Waals surface area contributed by atoms with E-state index < -0.39 is 0 Å². The molecular formula is C17H26IN5O2S2. The minimum absolute atomic E-state index is 0. The lowest BCUT2D eigenvalue weighted by Gasteiger charge is -2.42. The molecule has 7 nitrogen and oxygen atoms in total. The van der Waals surface area contributed by atoms with Gasteiger partial charge >= 0.3 is 5.97 Å². The second-order valence-corrected chi connectivity index (χ2v) is 8.75. The number of carbonyl (C=O) groups excluding carboxylic acids is 1. The highest BCUT2D eigenvalue weighted by Gasteiger charge is 2.33. The molecule has 0 unspecified atom stereocenters. The first-order valence-corrected chi connectivity index (χ1v) is 12.8. The van der Waals surface area contributed by atoms with E-state index in [1.807, 2.05) is 17.1 Å². The van der Waals surface area contributed by atoms with Gasteiger partial charge in [-0.2, -0.15) is 0 Å². The second kappa shape index (κ2) is 10.7. The van der Waals surface area contributed by atoms with Crippen molar-refractivity contribution in [3.63, 3.8) is 0 Å². The zero-order chi connectivity index (χ0) is 18.5. The Morgan fingerprint density at radius 1 is 1.48 bits per heavy atom. The van der Waals surface area contributed by atoms with Gasteiger partial charge in [0.15, 0.2) is 5.65 Å². The molecule has 27 heavy (non-hydrogen) atoms. The third kappa shape index (κ3) is 5.42. The second-order valence-electron chi connectivity index (χ2n) is 6.10. The van der Waals surface area contributed by atoms with Gasteiger partial charge in [0.25, 0.3) is 0 Å². The number of rotatable bonds is 9. The number of ether oxygens (including phenoxy) is 1. The number of anilines is 1. The zero-order valence-corrected chi connectivity index (χ0v) is 18.5. The molecular weight excluding hydrogens is 497 g/mol. The number of hydrogen-bond donors (Lipinski definition) is 1. The Morgan fingerprint density at radius 2 is 2.26 bits per heavy atom. The van der Waals surface area contributed by atoms with Gasteiger partial charge in [0.2, 0.25) is 0 Å². The lowest BCUT2D eigenvalue weighted by molar-refractivity contribution is -0.142. The largest absolute Gasteiger partial charge is 0.466 e. The van der Waals surface area contributed by atoms with E-state index in [1.165, 1.54) is 0 Å². The van der Waals surface area contributed by atoms with Crippen LogP contribution in [0.25, 0.3) is 11.0 Å². The normalized spacial score (nSPS) is 18.6. The van der Waals surface area contributed by atoms with Gasteiger partial charge in [-0.25, -0.2) is 9.97 Å². The van der Waals surface area contributed by atoms with Gasteiger partial charge in [-0.1, -0.05) is 19.4 Å². The fraction of sp³-hybridized carbons (Fsp3) is 0.588. The van der Waals surface area contributed by atoms with Crippen LogP contribution in [0.4, 0.5) is 5.82 Å². The lowest BCUT2D eigenvalue weighted by Crippen LogP contribution is -2.50. The summed E-state index contributed by atoms with van der Waals surface area (Å²) in [5.41, 5.74) is 0.949. The minimum atomic E-state index is -0.127. The Balaban J connectivity index is 0.00000261. The van der Waals surface area contributed by atoms with Crippen LogP contribution >= 0.6 is 42.3 Å². The van der Waals surface area contributed by atoms with Gasteiger partial charge in [0.05, 0.1) is 18.4 Å². The summed E-state index contributed by atoms with van der Waals surface area (Å²) < 4.78 is 10.4. The predicted octanol–water partition coefficient (Wildman–Crippen LogP) is 4.07. The van der Waals surface area contributed by atoms with Crippen LogP contribution in [0.1, 0.15) is 33.6 Å². The fourth-order valence-electron chi connectivity index (χ4n) is 2.97. The van der Waals surface area contributed by atoms with Crippen molar-refractivity contribution >= 4 is 65.1 Å². The van der Waals surface area contributed by atoms with Crippen LogP contribution < -0.4 is 9.62 Å². The Hall–Kier alpha value is -0.720. The highest BCUT2D eigenvalue weighted by atomic mass is 127. The maximum absolute atomic E-state index is 11.3. The predicted molar refractivity (Wildman–Crippen MR) is 123 cm³/mol. The number of nitrogens with one attached hydrogen (secondary N) is 1. The van der Waals surface area contributed by atoms with E-state index in [4.69, 9.17) is 4.74 Å². The number of halogens is 1. The van der Waals surface area contributed by atoms with Gasteiger partial charge in [-0.3, -0.25) is 13.5 Å². The van der Waals surface area contributed by atoms with Crippen molar-refractivity contribution in [1.29, 1.82) is 0 Å². The van der Waals surface area contributed by atoms with Crippen molar-refractivity contribution in [3.8, 4) is 0 Å². The van der Waals surface area contributed by atoms with Gasteiger partial charge < -0.3 is 9.64 Å². The maximum atomic E-state index is 11.3. The quantitative estimate of drug-likeness (QED) is 0.228. The summed E-state index contributed by atoms with van der Waals surface area (Å²) >= 11 is 3.86. The standard InChI is InChI=1S/C16H22IN5O2S2.CH4/c1-3-24-14(23)5-7-25-20-11-8-12(9-11)21(2)15-13-4-6-22(26-17)16(13)19-10-18-15;/h4,6,10-12,20H,3,5,7-9H2,1-2H3;1H4. The first kappa shape index (κ1) is 22.6.